The number of carbonyl (C=O) groups excluding carboxylic acids is 1. The Labute approximate surface area is 164 Å². The van der Waals surface area contributed by atoms with E-state index in [0.29, 0.717) is 6.54 Å². The highest BCUT2D eigenvalue weighted by Gasteiger charge is 2.08. The van der Waals surface area contributed by atoms with E-state index in [9.17, 15) is 10.1 Å². The number of carbonyl (C=O) groups is 1. The number of nitriles is 1. The molecule has 0 radical (unpaired) electrons. The fraction of sp³-hybridized carbons (Fsp3) is 0.0417. The van der Waals surface area contributed by atoms with E-state index >= 15 is 0 Å². The molecule has 2 aromatic carbocycles. The first-order chi connectivity index (χ1) is 13.7. The van der Waals surface area contributed by atoms with Crippen LogP contribution in [0.2, 0.25) is 0 Å². The van der Waals surface area contributed by atoms with Crippen molar-refractivity contribution in [2.45, 2.75) is 6.54 Å². The zero-order valence-electron chi connectivity index (χ0n) is 15.2. The molecule has 0 aliphatic carbocycles. The molecular weight excluding hydrogens is 346 g/mol. The highest BCUT2D eigenvalue weighted by atomic mass is 16.1. The maximum absolute atomic E-state index is 12.2. The van der Waals surface area contributed by atoms with E-state index in [-0.39, 0.29) is 5.57 Å². The van der Waals surface area contributed by atoms with E-state index in [1.54, 1.807) is 18.5 Å². The van der Waals surface area contributed by atoms with Gasteiger partial charge in [0, 0.05) is 18.9 Å². The second-order valence-electron chi connectivity index (χ2n) is 6.12. The number of aromatic nitrogens is 1. The molecule has 3 aromatic rings. The van der Waals surface area contributed by atoms with Crippen molar-refractivity contribution in [1.82, 2.24) is 10.3 Å². The van der Waals surface area contributed by atoms with Crippen LogP contribution in [0.25, 0.3) is 18.2 Å². The zero-order valence-corrected chi connectivity index (χ0v) is 15.2. The molecule has 4 heteroatoms. The van der Waals surface area contributed by atoms with Gasteiger partial charge in [0.1, 0.15) is 11.6 Å². The highest BCUT2D eigenvalue weighted by molar-refractivity contribution is 6.01. The van der Waals surface area contributed by atoms with Crippen molar-refractivity contribution >= 4 is 24.1 Å². The molecule has 3 rings (SSSR count). The molecule has 0 spiro atoms. The third kappa shape index (κ3) is 5.52. The Balaban J connectivity index is 1.64. The molecule has 1 amide bonds. The monoisotopic (exact) mass is 365 g/mol. The Morgan fingerprint density at radius 2 is 1.50 bits per heavy atom. The van der Waals surface area contributed by atoms with Gasteiger partial charge in [-0.15, -0.1) is 0 Å². The molecule has 1 aromatic heterocycles. The predicted octanol–water partition coefficient (Wildman–Crippen LogP) is 4.48. The number of benzene rings is 2. The highest BCUT2D eigenvalue weighted by Crippen LogP contribution is 2.12. The Bertz CT molecular complexity index is 1010. The maximum Gasteiger partial charge on any atom is 0.262 e. The Hall–Kier alpha value is -3.97. The van der Waals surface area contributed by atoms with Gasteiger partial charge in [0.2, 0.25) is 0 Å². The topological polar surface area (TPSA) is 65.8 Å². The number of nitrogens with one attached hydrogen (secondary N) is 1. The van der Waals surface area contributed by atoms with Gasteiger partial charge < -0.3 is 5.32 Å². The normalized spacial score (nSPS) is 11.2. The summed E-state index contributed by atoms with van der Waals surface area (Å²) in [5, 5.41) is 12.1. The summed E-state index contributed by atoms with van der Waals surface area (Å²) >= 11 is 0. The number of rotatable bonds is 6. The second kappa shape index (κ2) is 9.65. The van der Waals surface area contributed by atoms with Crippen molar-refractivity contribution in [2.75, 3.05) is 0 Å². The smallest absolute Gasteiger partial charge is 0.262 e. The molecule has 4 nitrogen and oxygen atoms in total. The molecule has 0 fully saturated rings. The summed E-state index contributed by atoms with van der Waals surface area (Å²) in [6.07, 6.45) is 8.98. The van der Waals surface area contributed by atoms with Crippen LogP contribution in [-0.2, 0) is 11.3 Å². The van der Waals surface area contributed by atoms with Gasteiger partial charge in [0.25, 0.3) is 5.91 Å². The van der Waals surface area contributed by atoms with Crippen molar-refractivity contribution in [3.63, 3.8) is 0 Å². The summed E-state index contributed by atoms with van der Waals surface area (Å²) in [7, 11) is 0. The molecule has 136 valence electrons. The molecule has 1 heterocycles. The van der Waals surface area contributed by atoms with Crippen molar-refractivity contribution < 1.29 is 4.79 Å². The van der Waals surface area contributed by atoms with E-state index < -0.39 is 5.91 Å². The van der Waals surface area contributed by atoms with Gasteiger partial charge in [-0.05, 0) is 40.5 Å². The van der Waals surface area contributed by atoms with Crippen LogP contribution in [0.15, 0.2) is 84.7 Å². The first-order valence-electron chi connectivity index (χ1n) is 8.87. The minimum atomic E-state index is -0.396. The standard InChI is InChI=1S/C24H19N3O/c25-17-23(24(28)27-18-22-12-14-26-15-13-22)16-21-10-8-20(9-11-21)7-6-19-4-2-1-3-5-19/h1-16H,18H2,(H,27,28). The van der Waals surface area contributed by atoms with Gasteiger partial charge in [0.15, 0.2) is 0 Å². The molecule has 0 saturated carbocycles. The fourth-order valence-electron chi connectivity index (χ4n) is 2.55. The van der Waals surface area contributed by atoms with Gasteiger partial charge in [-0.3, -0.25) is 9.78 Å². The van der Waals surface area contributed by atoms with Crippen LogP contribution < -0.4 is 5.32 Å². The minimum absolute atomic E-state index is 0.0710. The third-order valence-electron chi connectivity index (χ3n) is 4.08. The van der Waals surface area contributed by atoms with Crippen LogP contribution >= 0.6 is 0 Å². The number of hydrogen-bond donors (Lipinski definition) is 1. The molecule has 0 aliphatic heterocycles. The minimum Gasteiger partial charge on any atom is -0.347 e. The lowest BCUT2D eigenvalue weighted by Crippen LogP contribution is -2.23. The molecule has 1 N–H and O–H groups in total. The van der Waals surface area contributed by atoms with Gasteiger partial charge in [-0.1, -0.05) is 66.7 Å². The summed E-state index contributed by atoms with van der Waals surface area (Å²) in [6.45, 7) is 0.351. The van der Waals surface area contributed by atoms with E-state index in [1.165, 1.54) is 0 Å². The number of nitrogens with zero attached hydrogens (tertiary/aromatic N) is 2. The molecule has 0 atom stereocenters. The largest absolute Gasteiger partial charge is 0.347 e. The lowest BCUT2D eigenvalue weighted by molar-refractivity contribution is -0.117. The summed E-state index contributed by atoms with van der Waals surface area (Å²) in [5.74, 6) is -0.396. The van der Waals surface area contributed by atoms with Crippen molar-refractivity contribution in [1.29, 1.82) is 5.26 Å². The summed E-state index contributed by atoms with van der Waals surface area (Å²) < 4.78 is 0. The average Bonchev–Trinajstić information content (AvgIpc) is 2.76. The van der Waals surface area contributed by atoms with Gasteiger partial charge in [0.05, 0.1) is 0 Å². The van der Waals surface area contributed by atoms with Gasteiger partial charge in [-0.2, -0.15) is 5.26 Å². The number of hydrogen-bond acceptors (Lipinski definition) is 3. The zero-order chi connectivity index (χ0) is 19.6. The Morgan fingerprint density at radius 1 is 0.893 bits per heavy atom. The van der Waals surface area contributed by atoms with Crippen LogP contribution in [0.3, 0.4) is 0 Å². The van der Waals surface area contributed by atoms with E-state index in [2.05, 4.69) is 10.3 Å². The third-order valence-corrected chi connectivity index (χ3v) is 4.08. The molecule has 0 aliphatic rings. The lowest BCUT2D eigenvalue weighted by atomic mass is 10.1. The van der Waals surface area contributed by atoms with Crippen LogP contribution in [0, 0.1) is 11.3 Å². The number of pyridine rings is 1. The van der Waals surface area contributed by atoms with Crippen molar-refractivity contribution in [3.05, 3.63) is 107 Å². The molecule has 0 saturated heterocycles. The maximum atomic E-state index is 12.2. The van der Waals surface area contributed by atoms with Gasteiger partial charge in [-0.25, -0.2) is 0 Å². The van der Waals surface area contributed by atoms with Crippen molar-refractivity contribution in [3.8, 4) is 6.07 Å². The van der Waals surface area contributed by atoms with Crippen LogP contribution in [-0.4, -0.2) is 10.9 Å². The lowest BCUT2D eigenvalue weighted by Gasteiger charge is -2.04. The van der Waals surface area contributed by atoms with Crippen molar-refractivity contribution in [2.24, 2.45) is 0 Å². The van der Waals surface area contributed by atoms with E-state index in [4.69, 9.17) is 0 Å². The predicted molar refractivity (Wildman–Crippen MR) is 111 cm³/mol. The van der Waals surface area contributed by atoms with Crippen LogP contribution in [0.1, 0.15) is 22.3 Å². The molecular formula is C24H19N3O. The summed E-state index contributed by atoms with van der Waals surface area (Å²) in [4.78, 5) is 16.2. The molecule has 0 bridgehead atoms. The second-order valence-corrected chi connectivity index (χ2v) is 6.12. The SMILES string of the molecule is N#CC(=Cc1ccc(C=Cc2ccccc2)cc1)C(=O)NCc1ccncc1. The van der Waals surface area contributed by atoms with Crippen LogP contribution in [0.4, 0.5) is 0 Å². The first-order valence-corrected chi connectivity index (χ1v) is 8.87. The first kappa shape index (κ1) is 18.8. The average molecular weight is 365 g/mol. The molecule has 0 unspecified atom stereocenters. The Kier molecular flexibility index (Phi) is 6.48. The van der Waals surface area contributed by atoms with Crippen LogP contribution in [0.5, 0.6) is 0 Å². The van der Waals surface area contributed by atoms with Gasteiger partial charge >= 0.3 is 0 Å². The fourth-order valence-corrected chi connectivity index (χ4v) is 2.55. The number of amides is 1. The quantitative estimate of drug-likeness (QED) is 0.398. The van der Waals surface area contributed by atoms with E-state index in [1.807, 2.05) is 85.0 Å². The molecule has 28 heavy (non-hydrogen) atoms. The van der Waals surface area contributed by atoms with E-state index in [0.717, 1.165) is 22.3 Å². The summed E-state index contributed by atoms with van der Waals surface area (Å²) in [5.41, 5.74) is 3.97. The summed E-state index contributed by atoms with van der Waals surface area (Å²) in [6, 6.07) is 23.3. The Morgan fingerprint density at radius 3 is 2.14 bits per heavy atom.